The van der Waals surface area contributed by atoms with Crippen LogP contribution >= 0.6 is 0 Å². The molecule has 0 radical (unpaired) electrons. The molecule has 0 fully saturated rings. The Bertz CT molecular complexity index is 384. The van der Waals surface area contributed by atoms with Gasteiger partial charge in [0.1, 0.15) is 12.4 Å². The Labute approximate surface area is 103 Å². The van der Waals surface area contributed by atoms with Crippen LogP contribution in [0.5, 0.6) is 0 Å². The van der Waals surface area contributed by atoms with Gasteiger partial charge in [0.25, 0.3) is 0 Å². The Morgan fingerprint density at radius 2 is 2.11 bits per heavy atom. The molecular formula is C10H15F3N4O. The summed E-state index contributed by atoms with van der Waals surface area (Å²) < 4.78 is 40.6. The number of nitrogen functional groups attached to an aromatic ring is 1. The summed E-state index contributed by atoms with van der Waals surface area (Å²) in [5, 5.41) is 0. The van der Waals surface area contributed by atoms with Crippen LogP contribution in [-0.2, 0) is 11.3 Å². The molecule has 0 aliphatic rings. The molecule has 0 amide bonds. The van der Waals surface area contributed by atoms with Crippen LogP contribution < -0.4 is 11.3 Å². The van der Waals surface area contributed by atoms with E-state index in [1.807, 2.05) is 0 Å². The number of anilines is 1. The average Bonchev–Trinajstić information content (AvgIpc) is 2.26. The summed E-state index contributed by atoms with van der Waals surface area (Å²) in [6.07, 6.45) is -5.06. The van der Waals surface area contributed by atoms with Crippen molar-refractivity contribution in [2.75, 3.05) is 12.0 Å². The lowest BCUT2D eigenvalue weighted by Crippen LogP contribution is -2.12. The summed E-state index contributed by atoms with van der Waals surface area (Å²) in [6, 6.07) is 1.65. The van der Waals surface area contributed by atoms with Crippen LogP contribution in [0.1, 0.15) is 24.4 Å². The van der Waals surface area contributed by atoms with E-state index in [9.17, 15) is 13.2 Å². The highest BCUT2D eigenvalue weighted by Gasteiger charge is 2.25. The summed E-state index contributed by atoms with van der Waals surface area (Å²) >= 11 is 0. The lowest BCUT2D eigenvalue weighted by Gasteiger charge is -2.07. The van der Waals surface area contributed by atoms with E-state index in [1.54, 1.807) is 13.0 Å². The minimum absolute atomic E-state index is 0.0161. The van der Waals surface area contributed by atoms with E-state index in [2.05, 4.69) is 15.4 Å². The molecule has 0 bridgehead atoms. The summed E-state index contributed by atoms with van der Waals surface area (Å²) in [4.78, 5) is 8.08. The van der Waals surface area contributed by atoms with Crippen LogP contribution in [0.2, 0.25) is 0 Å². The number of nitrogens with one attached hydrogen (secondary N) is 1. The topological polar surface area (TPSA) is 73.1 Å². The Kier molecular flexibility index (Phi) is 5.29. The first-order chi connectivity index (χ1) is 8.40. The summed E-state index contributed by atoms with van der Waals surface area (Å²) in [5.74, 6) is 6.03. The van der Waals surface area contributed by atoms with Crippen molar-refractivity contribution in [3.63, 3.8) is 0 Å². The average molecular weight is 264 g/mol. The number of halogens is 3. The zero-order chi connectivity index (χ0) is 13.6. The first-order valence-corrected chi connectivity index (χ1v) is 5.36. The van der Waals surface area contributed by atoms with Crippen molar-refractivity contribution in [1.29, 1.82) is 0 Å². The maximum atomic E-state index is 11.9. The number of alkyl halides is 3. The smallest absolute Gasteiger partial charge is 0.373 e. The summed E-state index contributed by atoms with van der Waals surface area (Å²) in [7, 11) is 0. The monoisotopic (exact) mass is 264 g/mol. The zero-order valence-corrected chi connectivity index (χ0v) is 9.92. The summed E-state index contributed by atoms with van der Waals surface area (Å²) in [6.45, 7) is 1.84. The van der Waals surface area contributed by atoms with Crippen LogP contribution in [0, 0.1) is 6.92 Å². The van der Waals surface area contributed by atoms with Gasteiger partial charge in [0.15, 0.2) is 5.82 Å². The number of ether oxygens (including phenoxy) is 1. The first-order valence-electron chi connectivity index (χ1n) is 5.36. The van der Waals surface area contributed by atoms with Crippen molar-refractivity contribution in [3.8, 4) is 0 Å². The van der Waals surface area contributed by atoms with Crippen LogP contribution in [0.4, 0.5) is 19.0 Å². The van der Waals surface area contributed by atoms with Gasteiger partial charge in [0, 0.05) is 24.8 Å². The number of aromatic nitrogens is 2. The Morgan fingerprint density at radius 1 is 1.39 bits per heavy atom. The van der Waals surface area contributed by atoms with Gasteiger partial charge < -0.3 is 10.2 Å². The van der Waals surface area contributed by atoms with Gasteiger partial charge in [0.05, 0.1) is 0 Å². The Morgan fingerprint density at radius 3 is 2.72 bits per heavy atom. The maximum absolute atomic E-state index is 11.9. The van der Waals surface area contributed by atoms with E-state index in [1.165, 1.54) is 0 Å². The molecule has 0 saturated heterocycles. The predicted molar refractivity (Wildman–Crippen MR) is 59.5 cm³/mol. The molecule has 1 heterocycles. The van der Waals surface area contributed by atoms with Crippen molar-refractivity contribution in [3.05, 3.63) is 17.6 Å². The van der Waals surface area contributed by atoms with Gasteiger partial charge in [-0.15, -0.1) is 0 Å². The second kappa shape index (κ2) is 6.50. The third-order valence-electron chi connectivity index (χ3n) is 2.03. The fourth-order valence-electron chi connectivity index (χ4n) is 1.31. The SMILES string of the molecule is Cc1cc(NN)nc(COCCCC(F)(F)F)n1. The Balaban J connectivity index is 2.33. The van der Waals surface area contributed by atoms with Crippen LogP contribution in [-0.4, -0.2) is 22.8 Å². The molecule has 18 heavy (non-hydrogen) atoms. The van der Waals surface area contributed by atoms with Crippen molar-refractivity contribution < 1.29 is 17.9 Å². The molecular weight excluding hydrogens is 249 g/mol. The normalized spacial score (nSPS) is 11.6. The molecule has 0 aliphatic heterocycles. The second-order valence-corrected chi connectivity index (χ2v) is 3.73. The number of hydrogen-bond acceptors (Lipinski definition) is 5. The molecule has 5 nitrogen and oxygen atoms in total. The number of aryl methyl sites for hydroxylation is 1. The quantitative estimate of drug-likeness (QED) is 0.466. The number of rotatable bonds is 6. The van der Waals surface area contributed by atoms with E-state index in [0.29, 0.717) is 17.3 Å². The van der Waals surface area contributed by atoms with Crippen LogP contribution in [0.25, 0.3) is 0 Å². The molecule has 0 unspecified atom stereocenters. The van der Waals surface area contributed by atoms with E-state index in [-0.39, 0.29) is 19.6 Å². The van der Waals surface area contributed by atoms with Crippen molar-refractivity contribution in [2.45, 2.75) is 32.5 Å². The molecule has 1 rings (SSSR count). The van der Waals surface area contributed by atoms with Gasteiger partial charge >= 0.3 is 6.18 Å². The van der Waals surface area contributed by atoms with Gasteiger partial charge in [-0.1, -0.05) is 0 Å². The number of nitrogens with two attached hydrogens (primary N) is 1. The highest BCUT2D eigenvalue weighted by atomic mass is 19.4. The lowest BCUT2D eigenvalue weighted by atomic mass is 10.3. The molecule has 8 heteroatoms. The highest BCUT2D eigenvalue weighted by Crippen LogP contribution is 2.21. The summed E-state index contributed by atoms with van der Waals surface area (Å²) in [5.41, 5.74) is 3.08. The molecule has 1 aromatic rings. The minimum Gasteiger partial charge on any atom is -0.373 e. The highest BCUT2D eigenvalue weighted by molar-refractivity contribution is 5.33. The zero-order valence-electron chi connectivity index (χ0n) is 9.92. The fourth-order valence-corrected chi connectivity index (χ4v) is 1.31. The maximum Gasteiger partial charge on any atom is 0.389 e. The minimum atomic E-state index is -4.14. The first kappa shape index (κ1) is 14.7. The van der Waals surface area contributed by atoms with E-state index >= 15 is 0 Å². The molecule has 0 aromatic carbocycles. The van der Waals surface area contributed by atoms with Gasteiger partial charge in [-0.2, -0.15) is 13.2 Å². The van der Waals surface area contributed by atoms with E-state index in [4.69, 9.17) is 10.6 Å². The van der Waals surface area contributed by atoms with Crippen LogP contribution in [0.15, 0.2) is 6.07 Å². The molecule has 0 spiro atoms. The van der Waals surface area contributed by atoms with Crippen molar-refractivity contribution >= 4 is 5.82 Å². The van der Waals surface area contributed by atoms with Crippen LogP contribution in [0.3, 0.4) is 0 Å². The van der Waals surface area contributed by atoms with Gasteiger partial charge in [-0.25, -0.2) is 15.8 Å². The molecule has 0 aliphatic carbocycles. The van der Waals surface area contributed by atoms with Gasteiger partial charge in [0.2, 0.25) is 0 Å². The largest absolute Gasteiger partial charge is 0.389 e. The van der Waals surface area contributed by atoms with Gasteiger partial charge in [-0.05, 0) is 13.3 Å². The van der Waals surface area contributed by atoms with Gasteiger partial charge in [-0.3, -0.25) is 0 Å². The molecule has 0 saturated carbocycles. The second-order valence-electron chi connectivity index (χ2n) is 3.73. The molecule has 102 valence electrons. The number of hydrazine groups is 1. The number of hydrogen-bond donors (Lipinski definition) is 2. The third kappa shape index (κ3) is 5.78. The molecule has 0 atom stereocenters. The third-order valence-corrected chi connectivity index (χ3v) is 2.03. The lowest BCUT2D eigenvalue weighted by molar-refractivity contribution is -0.138. The fraction of sp³-hybridized carbons (Fsp3) is 0.600. The molecule has 1 aromatic heterocycles. The van der Waals surface area contributed by atoms with Crippen molar-refractivity contribution in [2.24, 2.45) is 5.84 Å². The standard InChI is InChI=1S/C10H15F3N4O/c1-7-5-8(17-14)16-9(15-7)6-18-4-2-3-10(11,12)13/h5H,2-4,6,14H2,1H3,(H,15,16,17). The predicted octanol–water partition coefficient (Wildman–Crippen LogP) is 1.93. The van der Waals surface area contributed by atoms with E-state index in [0.717, 1.165) is 0 Å². The van der Waals surface area contributed by atoms with Crippen molar-refractivity contribution in [1.82, 2.24) is 9.97 Å². The number of nitrogens with zero attached hydrogens (tertiary/aromatic N) is 2. The van der Waals surface area contributed by atoms with E-state index < -0.39 is 12.6 Å². The molecule has 3 N–H and O–H groups in total. The Hall–Kier alpha value is -1.41.